The van der Waals surface area contributed by atoms with Crippen molar-refractivity contribution in [1.82, 2.24) is 10.2 Å². The first kappa shape index (κ1) is 13.6. The molecule has 0 saturated carbocycles. The zero-order chi connectivity index (χ0) is 14.7. The third-order valence-electron chi connectivity index (χ3n) is 3.62. The molecular formula is C15H17N3O3. The van der Waals surface area contributed by atoms with E-state index in [1.165, 1.54) is 0 Å². The molecule has 3 rings (SSSR count). The Labute approximate surface area is 122 Å². The quantitative estimate of drug-likeness (QED) is 0.862. The van der Waals surface area contributed by atoms with Gasteiger partial charge in [-0.2, -0.15) is 0 Å². The average molecular weight is 287 g/mol. The summed E-state index contributed by atoms with van der Waals surface area (Å²) in [7, 11) is 0. The number of oxime groups is 1. The molecular weight excluding hydrogens is 270 g/mol. The molecule has 0 spiro atoms. The van der Waals surface area contributed by atoms with Crippen molar-refractivity contribution in [1.29, 1.82) is 0 Å². The monoisotopic (exact) mass is 287 g/mol. The van der Waals surface area contributed by atoms with Gasteiger partial charge in [0.1, 0.15) is 0 Å². The number of rotatable bonds is 2. The van der Waals surface area contributed by atoms with E-state index in [0.717, 1.165) is 17.7 Å². The van der Waals surface area contributed by atoms with E-state index >= 15 is 0 Å². The summed E-state index contributed by atoms with van der Waals surface area (Å²) >= 11 is 0. The molecule has 2 amide bonds. The molecule has 1 atom stereocenters. The fraction of sp³-hybridized carbons (Fsp3) is 0.400. The van der Waals surface area contributed by atoms with Crippen LogP contribution in [0.1, 0.15) is 18.4 Å². The Bertz CT molecular complexity index is 571. The van der Waals surface area contributed by atoms with E-state index in [9.17, 15) is 9.59 Å². The molecule has 1 aromatic carbocycles. The van der Waals surface area contributed by atoms with Crippen LogP contribution in [0.3, 0.4) is 0 Å². The van der Waals surface area contributed by atoms with Gasteiger partial charge in [-0.15, -0.1) is 0 Å². The molecule has 0 aliphatic carbocycles. The lowest BCUT2D eigenvalue weighted by atomic mass is 10.0. The average Bonchev–Trinajstić information content (AvgIpc) is 2.90. The predicted molar refractivity (Wildman–Crippen MR) is 76.7 cm³/mol. The van der Waals surface area contributed by atoms with Crippen LogP contribution < -0.4 is 5.32 Å². The number of benzene rings is 1. The summed E-state index contributed by atoms with van der Waals surface area (Å²) in [4.78, 5) is 30.8. The van der Waals surface area contributed by atoms with Gasteiger partial charge in [0.15, 0.2) is 0 Å². The van der Waals surface area contributed by atoms with Crippen LogP contribution in [0.25, 0.3) is 0 Å². The molecule has 0 radical (unpaired) electrons. The van der Waals surface area contributed by atoms with E-state index in [2.05, 4.69) is 10.5 Å². The molecule has 6 heteroatoms. The third kappa shape index (κ3) is 3.04. The van der Waals surface area contributed by atoms with Crippen LogP contribution in [0, 0.1) is 0 Å². The minimum absolute atomic E-state index is 0.0966. The van der Waals surface area contributed by atoms with Crippen LogP contribution in [0.5, 0.6) is 0 Å². The minimum atomic E-state index is -0.619. The second-order valence-electron chi connectivity index (χ2n) is 5.17. The fourth-order valence-electron chi connectivity index (χ4n) is 2.51. The van der Waals surface area contributed by atoms with Crippen molar-refractivity contribution in [3.8, 4) is 0 Å². The fourth-order valence-corrected chi connectivity index (χ4v) is 2.51. The van der Waals surface area contributed by atoms with Gasteiger partial charge in [0.2, 0.25) is 12.0 Å². The normalized spacial score (nSPS) is 22.1. The molecule has 1 fully saturated rings. The summed E-state index contributed by atoms with van der Waals surface area (Å²) < 4.78 is 0. The molecule has 6 nitrogen and oxygen atoms in total. The van der Waals surface area contributed by atoms with E-state index < -0.39 is 6.10 Å². The topological polar surface area (TPSA) is 71.0 Å². The molecule has 1 unspecified atom stereocenters. The summed E-state index contributed by atoms with van der Waals surface area (Å²) in [6.45, 7) is 1.28. The van der Waals surface area contributed by atoms with Gasteiger partial charge in [-0.3, -0.25) is 9.59 Å². The maximum absolute atomic E-state index is 12.4. The summed E-state index contributed by atoms with van der Waals surface area (Å²) in [5, 5.41) is 6.77. The summed E-state index contributed by atoms with van der Waals surface area (Å²) in [6, 6.07) is 9.65. The Morgan fingerprint density at radius 3 is 2.95 bits per heavy atom. The Balaban J connectivity index is 1.64. The van der Waals surface area contributed by atoms with Crippen LogP contribution >= 0.6 is 0 Å². The SMILES string of the molecule is O=C1CN(C(=O)C2CC(c3ccccc3)=NO2)CCCN1. The van der Waals surface area contributed by atoms with Gasteiger partial charge in [0.05, 0.1) is 12.3 Å². The smallest absolute Gasteiger partial charge is 0.267 e. The zero-order valence-corrected chi connectivity index (χ0v) is 11.6. The lowest BCUT2D eigenvalue weighted by Crippen LogP contribution is -2.43. The lowest BCUT2D eigenvalue weighted by molar-refractivity contribution is -0.144. The first-order valence-corrected chi connectivity index (χ1v) is 7.07. The molecule has 2 heterocycles. The summed E-state index contributed by atoms with van der Waals surface area (Å²) in [5.74, 6) is -0.287. The maximum atomic E-state index is 12.4. The van der Waals surface area contributed by atoms with Gasteiger partial charge in [0, 0.05) is 19.5 Å². The number of nitrogens with one attached hydrogen (secondary N) is 1. The largest absolute Gasteiger partial charge is 0.382 e. The Hall–Kier alpha value is -2.37. The van der Waals surface area contributed by atoms with Crippen molar-refractivity contribution >= 4 is 17.5 Å². The number of nitrogens with zero attached hydrogens (tertiary/aromatic N) is 2. The second kappa shape index (κ2) is 5.95. The Kier molecular flexibility index (Phi) is 3.85. The van der Waals surface area contributed by atoms with Crippen molar-refractivity contribution in [3.05, 3.63) is 35.9 Å². The lowest BCUT2D eigenvalue weighted by Gasteiger charge is -2.21. The van der Waals surface area contributed by atoms with Crippen molar-refractivity contribution in [2.24, 2.45) is 5.16 Å². The molecule has 0 bridgehead atoms. The second-order valence-corrected chi connectivity index (χ2v) is 5.17. The highest BCUT2D eigenvalue weighted by atomic mass is 16.6. The van der Waals surface area contributed by atoms with Crippen molar-refractivity contribution < 1.29 is 14.4 Å². The van der Waals surface area contributed by atoms with E-state index in [1.54, 1.807) is 4.90 Å². The Morgan fingerprint density at radius 1 is 1.33 bits per heavy atom. The van der Waals surface area contributed by atoms with Crippen LogP contribution in [-0.2, 0) is 14.4 Å². The van der Waals surface area contributed by atoms with Crippen LogP contribution in [0.2, 0.25) is 0 Å². The van der Waals surface area contributed by atoms with Crippen LogP contribution in [0.15, 0.2) is 35.5 Å². The van der Waals surface area contributed by atoms with Crippen molar-refractivity contribution in [2.45, 2.75) is 18.9 Å². The highest BCUT2D eigenvalue weighted by Gasteiger charge is 2.33. The van der Waals surface area contributed by atoms with Gasteiger partial charge in [-0.05, 0) is 12.0 Å². The number of carbonyl (C=O) groups is 2. The van der Waals surface area contributed by atoms with Crippen molar-refractivity contribution in [2.75, 3.05) is 19.6 Å². The first-order valence-electron chi connectivity index (χ1n) is 7.07. The van der Waals surface area contributed by atoms with Gasteiger partial charge in [-0.25, -0.2) is 0 Å². The molecule has 2 aliphatic rings. The summed E-state index contributed by atoms with van der Waals surface area (Å²) in [5.41, 5.74) is 1.73. The third-order valence-corrected chi connectivity index (χ3v) is 3.62. The molecule has 0 aromatic heterocycles. The van der Waals surface area contributed by atoms with E-state index in [4.69, 9.17) is 4.84 Å². The Morgan fingerprint density at radius 2 is 2.14 bits per heavy atom. The van der Waals surface area contributed by atoms with E-state index in [0.29, 0.717) is 19.5 Å². The zero-order valence-electron chi connectivity index (χ0n) is 11.6. The minimum Gasteiger partial charge on any atom is -0.382 e. The molecule has 1 N–H and O–H groups in total. The van der Waals surface area contributed by atoms with Gasteiger partial charge in [-0.1, -0.05) is 35.5 Å². The first-order chi connectivity index (χ1) is 10.2. The molecule has 1 saturated heterocycles. The number of hydrogen-bond acceptors (Lipinski definition) is 4. The van der Waals surface area contributed by atoms with Gasteiger partial charge in [0.25, 0.3) is 5.91 Å². The van der Waals surface area contributed by atoms with Crippen LogP contribution in [-0.4, -0.2) is 48.2 Å². The maximum Gasteiger partial charge on any atom is 0.267 e. The molecule has 21 heavy (non-hydrogen) atoms. The molecule has 1 aromatic rings. The highest BCUT2D eigenvalue weighted by molar-refractivity contribution is 6.04. The van der Waals surface area contributed by atoms with Crippen molar-refractivity contribution in [3.63, 3.8) is 0 Å². The highest BCUT2D eigenvalue weighted by Crippen LogP contribution is 2.18. The predicted octanol–water partition coefficient (Wildman–Crippen LogP) is 0.528. The van der Waals surface area contributed by atoms with Gasteiger partial charge >= 0.3 is 0 Å². The van der Waals surface area contributed by atoms with Gasteiger partial charge < -0.3 is 15.1 Å². The number of hydrogen-bond donors (Lipinski definition) is 1. The summed E-state index contributed by atoms with van der Waals surface area (Å²) in [6.07, 6.45) is 0.587. The number of amides is 2. The van der Waals surface area contributed by atoms with Crippen LogP contribution in [0.4, 0.5) is 0 Å². The van der Waals surface area contributed by atoms with E-state index in [-0.39, 0.29) is 18.4 Å². The standard InChI is InChI=1S/C15H17N3O3/c19-14-10-18(8-4-7-16-14)15(20)13-9-12(17-21-13)11-5-2-1-3-6-11/h1-3,5-6,13H,4,7-10H2,(H,16,19). The molecule has 110 valence electrons. The van der Waals surface area contributed by atoms with E-state index in [1.807, 2.05) is 30.3 Å². The molecule has 2 aliphatic heterocycles. The number of carbonyl (C=O) groups excluding carboxylic acids is 2.